The van der Waals surface area contributed by atoms with Gasteiger partial charge in [0.2, 0.25) is 0 Å². The van der Waals surface area contributed by atoms with Crippen LogP contribution >= 0.6 is 0 Å². The molecule has 0 aliphatic carbocycles. The minimum Gasteiger partial charge on any atom is -0.382 e. The van der Waals surface area contributed by atoms with Crippen molar-refractivity contribution in [2.24, 2.45) is 7.05 Å². The Bertz CT molecular complexity index is 1380. The van der Waals surface area contributed by atoms with Crippen LogP contribution in [-0.4, -0.2) is 41.7 Å². The molecule has 0 aliphatic rings. The second-order valence-corrected chi connectivity index (χ2v) is 7.28. The number of aromatic nitrogens is 5. The highest BCUT2D eigenvalue weighted by atomic mass is 16.2. The maximum atomic E-state index is 13.3. The number of anilines is 1. The summed E-state index contributed by atoms with van der Waals surface area (Å²) in [5.74, 6) is 0.379. The van der Waals surface area contributed by atoms with Crippen LogP contribution in [0.15, 0.2) is 54.9 Å². The molecule has 0 aliphatic heterocycles. The Kier molecular flexibility index (Phi) is 4.13. The third-order valence-electron chi connectivity index (χ3n) is 5.40. The molecule has 0 fully saturated rings. The van der Waals surface area contributed by atoms with Crippen molar-refractivity contribution in [1.29, 1.82) is 0 Å². The van der Waals surface area contributed by atoms with Gasteiger partial charge in [-0.15, -0.1) is 0 Å². The number of benzene rings is 1. The highest BCUT2D eigenvalue weighted by molar-refractivity contribution is 6.10. The van der Waals surface area contributed by atoms with Gasteiger partial charge >= 0.3 is 0 Å². The normalized spacial score (nSPS) is 11.5. The molecule has 0 unspecified atom stereocenters. The third kappa shape index (κ3) is 2.85. The lowest BCUT2D eigenvalue weighted by Crippen LogP contribution is -2.30. The smallest absolute Gasteiger partial charge is 0.254 e. The maximum Gasteiger partial charge on any atom is 0.254 e. The molecule has 8 heteroatoms. The van der Waals surface area contributed by atoms with Crippen molar-refractivity contribution in [3.63, 3.8) is 0 Å². The number of carbonyl (C=O) groups is 1. The van der Waals surface area contributed by atoms with E-state index >= 15 is 0 Å². The second-order valence-electron chi connectivity index (χ2n) is 7.28. The summed E-state index contributed by atoms with van der Waals surface area (Å²) in [4.78, 5) is 19.5. The van der Waals surface area contributed by atoms with Gasteiger partial charge in [0.15, 0.2) is 0 Å². The van der Waals surface area contributed by atoms with Crippen LogP contribution in [0.4, 0.5) is 5.82 Å². The molecule has 4 aromatic heterocycles. The Morgan fingerprint density at radius 2 is 2.03 bits per heavy atom. The van der Waals surface area contributed by atoms with E-state index in [1.807, 2.05) is 61.1 Å². The first-order chi connectivity index (χ1) is 14.5. The predicted octanol–water partition coefficient (Wildman–Crippen LogP) is 3.01. The third-order valence-corrected chi connectivity index (χ3v) is 5.40. The summed E-state index contributed by atoms with van der Waals surface area (Å²) in [5.41, 5.74) is 10.1. The number of nitrogen functional groups attached to an aromatic ring is 1. The van der Waals surface area contributed by atoms with Gasteiger partial charge in [0.05, 0.1) is 29.5 Å². The van der Waals surface area contributed by atoms with Gasteiger partial charge in [0.1, 0.15) is 11.3 Å². The van der Waals surface area contributed by atoms with Crippen LogP contribution in [0.1, 0.15) is 23.0 Å². The van der Waals surface area contributed by atoms with Crippen LogP contribution < -0.4 is 5.73 Å². The summed E-state index contributed by atoms with van der Waals surface area (Å²) in [6.07, 6.45) is 3.66. The number of amides is 1. The van der Waals surface area contributed by atoms with Crippen LogP contribution in [0.5, 0.6) is 0 Å². The van der Waals surface area contributed by atoms with Gasteiger partial charge in [0, 0.05) is 36.1 Å². The highest BCUT2D eigenvalue weighted by Gasteiger charge is 2.18. The molecule has 0 radical (unpaired) electrons. The highest BCUT2D eigenvalue weighted by Crippen LogP contribution is 2.28. The molecule has 5 aromatic rings. The van der Waals surface area contributed by atoms with E-state index in [1.165, 1.54) is 0 Å². The number of hydrogen-bond donors (Lipinski definition) is 1. The fourth-order valence-corrected chi connectivity index (χ4v) is 3.88. The van der Waals surface area contributed by atoms with Gasteiger partial charge in [-0.05, 0) is 43.3 Å². The monoisotopic (exact) mass is 399 g/mol. The molecular weight excluding hydrogens is 378 g/mol. The Hall–Kier alpha value is -3.94. The van der Waals surface area contributed by atoms with E-state index in [0.29, 0.717) is 24.5 Å². The number of carbonyl (C=O) groups excluding carboxylic acids is 1. The topological polar surface area (TPSA) is 94.3 Å². The van der Waals surface area contributed by atoms with E-state index in [2.05, 4.69) is 15.2 Å². The molecule has 150 valence electrons. The van der Waals surface area contributed by atoms with Crippen LogP contribution in [-0.2, 0) is 13.6 Å². The number of rotatable bonds is 4. The molecule has 4 heterocycles. The Balaban J connectivity index is 1.52. The fourth-order valence-electron chi connectivity index (χ4n) is 3.88. The molecule has 0 saturated carbocycles. The van der Waals surface area contributed by atoms with Gasteiger partial charge in [-0.3, -0.25) is 9.48 Å². The number of nitrogens with zero attached hydrogens (tertiary/aromatic N) is 6. The van der Waals surface area contributed by atoms with Crippen LogP contribution in [0.25, 0.3) is 27.3 Å². The van der Waals surface area contributed by atoms with E-state index in [0.717, 1.165) is 33.0 Å². The van der Waals surface area contributed by atoms with Crippen molar-refractivity contribution >= 4 is 39.0 Å². The minimum absolute atomic E-state index is 0.0506. The van der Waals surface area contributed by atoms with Crippen LogP contribution in [0, 0.1) is 0 Å². The largest absolute Gasteiger partial charge is 0.382 e. The van der Waals surface area contributed by atoms with Gasteiger partial charge < -0.3 is 10.6 Å². The van der Waals surface area contributed by atoms with Crippen molar-refractivity contribution in [2.75, 3.05) is 12.3 Å². The number of pyridine rings is 2. The lowest BCUT2D eigenvalue weighted by molar-refractivity contribution is 0.0750. The van der Waals surface area contributed by atoms with E-state index in [-0.39, 0.29) is 5.91 Å². The van der Waals surface area contributed by atoms with Crippen LogP contribution in [0.2, 0.25) is 0 Å². The fraction of sp³-hybridized carbons (Fsp3) is 0.182. The molecule has 30 heavy (non-hydrogen) atoms. The lowest BCUT2D eigenvalue weighted by atomic mass is 10.1. The number of fused-ring (bicyclic) bond motifs is 4. The Labute approximate surface area is 172 Å². The van der Waals surface area contributed by atoms with E-state index in [1.54, 1.807) is 21.8 Å². The summed E-state index contributed by atoms with van der Waals surface area (Å²) >= 11 is 0. The molecule has 1 amide bonds. The SMILES string of the molecule is CCN(Cc1cc2ccccn2n1)C(=O)c1ccc2nc(N)c3c(cnn3C)c2c1. The zero-order valence-corrected chi connectivity index (χ0v) is 16.8. The van der Waals surface area contributed by atoms with Crippen molar-refractivity contribution in [3.05, 3.63) is 66.1 Å². The first kappa shape index (κ1) is 18.1. The summed E-state index contributed by atoms with van der Waals surface area (Å²) < 4.78 is 3.52. The minimum atomic E-state index is -0.0506. The van der Waals surface area contributed by atoms with Gasteiger partial charge in [-0.2, -0.15) is 10.2 Å². The predicted molar refractivity (Wildman–Crippen MR) is 116 cm³/mol. The Morgan fingerprint density at radius 1 is 1.17 bits per heavy atom. The lowest BCUT2D eigenvalue weighted by Gasteiger charge is -2.20. The van der Waals surface area contributed by atoms with Crippen molar-refractivity contribution < 1.29 is 4.79 Å². The number of hydrogen-bond acceptors (Lipinski definition) is 5. The first-order valence-electron chi connectivity index (χ1n) is 9.78. The maximum absolute atomic E-state index is 13.3. The summed E-state index contributed by atoms with van der Waals surface area (Å²) in [6.45, 7) is 2.99. The zero-order chi connectivity index (χ0) is 20.8. The molecular formula is C22H21N7O. The first-order valence-corrected chi connectivity index (χ1v) is 9.78. The number of nitrogens with two attached hydrogens (primary N) is 1. The second kappa shape index (κ2) is 6.84. The average molecular weight is 399 g/mol. The summed E-state index contributed by atoms with van der Waals surface area (Å²) in [7, 11) is 1.83. The molecule has 8 nitrogen and oxygen atoms in total. The molecule has 0 saturated heterocycles. The molecule has 1 aromatic carbocycles. The molecule has 5 rings (SSSR count). The van der Waals surface area contributed by atoms with Crippen LogP contribution in [0.3, 0.4) is 0 Å². The quantitative estimate of drug-likeness (QED) is 0.501. The Morgan fingerprint density at radius 3 is 2.83 bits per heavy atom. The summed E-state index contributed by atoms with van der Waals surface area (Å²) in [5, 5.41) is 10.6. The van der Waals surface area contributed by atoms with Gasteiger partial charge in [-0.1, -0.05) is 6.07 Å². The average Bonchev–Trinajstić information content (AvgIpc) is 3.35. The molecule has 0 spiro atoms. The molecule has 0 bridgehead atoms. The van der Waals surface area contributed by atoms with Gasteiger partial charge in [0.25, 0.3) is 5.91 Å². The zero-order valence-electron chi connectivity index (χ0n) is 16.8. The molecule has 0 atom stereocenters. The van der Waals surface area contributed by atoms with Crippen molar-refractivity contribution in [2.45, 2.75) is 13.5 Å². The van der Waals surface area contributed by atoms with Crippen molar-refractivity contribution in [1.82, 2.24) is 29.3 Å². The van der Waals surface area contributed by atoms with E-state index < -0.39 is 0 Å². The van der Waals surface area contributed by atoms with Crippen molar-refractivity contribution in [3.8, 4) is 0 Å². The number of aryl methyl sites for hydroxylation is 1. The van der Waals surface area contributed by atoms with E-state index in [4.69, 9.17) is 5.73 Å². The van der Waals surface area contributed by atoms with Gasteiger partial charge in [-0.25, -0.2) is 9.50 Å². The standard InChI is InChI=1S/C22H21N7O/c1-3-28(13-15-11-16-6-4-5-9-29(16)26-15)22(30)14-7-8-19-17(10-14)18-12-24-27(2)20(18)21(23)25-19/h4-12H,3,13H2,1-2H3,(H2,23,25). The summed E-state index contributed by atoms with van der Waals surface area (Å²) in [6, 6.07) is 13.4. The molecule has 2 N–H and O–H groups in total. The van der Waals surface area contributed by atoms with E-state index in [9.17, 15) is 4.79 Å².